The minimum absolute atomic E-state index is 0.00727. The number of hydrogen-bond donors (Lipinski definition) is 3. The van der Waals surface area contributed by atoms with Crippen LogP contribution in [-0.4, -0.2) is 23.0 Å². The summed E-state index contributed by atoms with van der Waals surface area (Å²) in [6.07, 6.45) is 5.04. The second-order valence-electron chi connectivity index (χ2n) is 5.59. The molecule has 1 amide bonds. The highest BCUT2D eigenvalue weighted by atomic mass is 32.1. The van der Waals surface area contributed by atoms with Gasteiger partial charge in [-0.3, -0.25) is 4.79 Å². The molecule has 1 aromatic rings. The summed E-state index contributed by atoms with van der Waals surface area (Å²) >= 11 is 1.73. The first-order valence-electron chi connectivity index (χ1n) is 7.04. The summed E-state index contributed by atoms with van der Waals surface area (Å²) in [5.41, 5.74) is 6.86. The minimum atomic E-state index is -0.323. The van der Waals surface area contributed by atoms with Crippen LogP contribution in [0.1, 0.15) is 42.0 Å². The summed E-state index contributed by atoms with van der Waals surface area (Å²) < 4.78 is 0. The van der Waals surface area contributed by atoms with E-state index in [4.69, 9.17) is 10.9 Å². The first-order chi connectivity index (χ1) is 9.70. The molecule has 2 unspecified atom stereocenters. The van der Waals surface area contributed by atoms with Gasteiger partial charge in [0.1, 0.15) is 0 Å². The fourth-order valence-corrected chi connectivity index (χ4v) is 3.93. The highest BCUT2D eigenvalue weighted by molar-refractivity contribution is 7.10. The van der Waals surface area contributed by atoms with Crippen molar-refractivity contribution in [1.82, 2.24) is 5.32 Å². The lowest BCUT2D eigenvalue weighted by atomic mass is 9.87. The maximum Gasteiger partial charge on any atom is 0.228 e. The smallest absolute Gasteiger partial charge is 0.228 e. The molecule has 0 aromatic carbocycles. The van der Waals surface area contributed by atoms with E-state index in [9.17, 15) is 4.79 Å². The average molecular weight is 293 g/mol. The van der Waals surface area contributed by atoms with Crippen molar-refractivity contribution in [1.29, 1.82) is 0 Å². The third kappa shape index (κ3) is 2.52. The van der Waals surface area contributed by atoms with Crippen LogP contribution in [0.5, 0.6) is 0 Å². The molecule has 2 aliphatic carbocycles. The van der Waals surface area contributed by atoms with E-state index < -0.39 is 0 Å². The van der Waals surface area contributed by atoms with E-state index in [2.05, 4.69) is 21.9 Å². The molecule has 1 aromatic heterocycles. The Balaban J connectivity index is 1.74. The molecule has 108 valence electrons. The van der Waals surface area contributed by atoms with Crippen molar-refractivity contribution in [2.45, 2.75) is 44.1 Å². The molecule has 0 radical (unpaired) electrons. The van der Waals surface area contributed by atoms with Gasteiger partial charge in [-0.05, 0) is 55.0 Å². The summed E-state index contributed by atoms with van der Waals surface area (Å²) in [5.74, 6) is 0.355. The molecule has 0 aliphatic heterocycles. The number of amides is 1. The number of nitrogens with two attached hydrogens (primary N) is 1. The summed E-state index contributed by atoms with van der Waals surface area (Å²) in [5, 5.41) is 16.9. The lowest BCUT2D eigenvalue weighted by molar-refractivity contribution is -0.123. The third-order valence-corrected chi connectivity index (χ3v) is 5.19. The Labute approximate surface area is 121 Å². The molecule has 1 heterocycles. The average Bonchev–Trinajstić information content (AvgIpc) is 3.19. The van der Waals surface area contributed by atoms with Crippen molar-refractivity contribution in [3.8, 4) is 0 Å². The molecule has 20 heavy (non-hydrogen) atoms. The van der Waals surface area contributed by atoms with E-state index in [0.29, 0.717) is 5.92 Å². The van der Waals surface area contributed by atoms with Crippen molar-refractivity contribution in [2.24, 2.45) is 16.8 Å². The molecule has 1 fully saturated rings. The lowest BCUT2D eigenvalue weighted by Crippen LogP contribution is -2.47. The van der Waals surface area contributed by atoms with E-state index in [-0.39, 0.29) is 23.7 Å². The van der Waals surface area contributed by atoms with Gasteiger partial charge in [-0.25, -0.2) is 0 Å². The van der Waals surface area contributed by atoms with Crippen LogP contribution in [-0.2, 0) is 11.2 Å². The predicted molar refractivity (Wildman–Crippen MR) is 78.1 cm³/mol. The standard InChI is InChI=1S/C14H19N3O2S/c15-13(17-19)12(8-4-5-8)16-14(18)10-2-1-3-11-9(10)6-7-20-11/h6-8,10,12,19H,1-5H2,(H2,15,17)(H,16,18). The van der Waals surface area contributed by atoms with Crippen LogP contribution in [0.2, 0.25) is 0 Å². The second kappa shape index (κ2) is 5.44. The fourth-order valence-electron chi connectivity index (χ4n) is 2.94. The number of nitrogens with one attached hydrogen (secondary N) is 1. The molecule has 0 saturated heterocycles. The molecule has 2 atom stereocenters. The maximum atomic E-state index is 12.5. The van der Waals surface area contributed by atoms with Gasteiger partial charge in [-0.1, -0.05) is 5.16 Å². The SMILES string of the molecule is N/C(=N/O)C(NC(=O)C1CCCc2sccc21)C1CC1. The molecule has 3 rings (SSSR count). The van der Waals surface area contributed by atoms with Crippen molar-refractivity contribution < 1.29 is 10.0 Å². The van der Waals surface area contributed by atoms with E-state index in [1.54, 1.807) is 11.3 Å². The number of oxime groups is 1. The van der Waals surface area contributed by atoms with Crippen molar-refractivity contribution in [3.63, 3.8) is 0 Å². The van der Waals surface area contributed by atoms with Crippen LogP contribution in [0.4, 0.5) is 0 Å². The normalized spacial score (nSPS) is 24.0. The molecule has 5 nitrogen and oxygen atoms in total. The molecule has 6 heteroatoms. The van der Waals surface area contributed by atoms with Crippen molar-refractivity contribution in [3.05, 3.63) is 21.9 Å². The largest absolute Gasteiger partial charge is 0.409 e. The van der Waals surface area contributed by atoms with E-state index in [1.165, 1.54) is 4.88 Å². The number of aryl methyl sites for hydroxylation is 1. The number of amidine groups is 1. The topological polar surface area (TPSA) is 87.7 Å². The number of hydrogen-bond acceptors (Lipinski definition) is 4. The van der Waals surface area contributed by atoms with Gasteiger partial charge in [0.2, 0.25) is 5.91 Å². The molecular weight excluding hydrogens is 274 g/mol. The van der Waals surface area contributed by atoms with Gasteiger partial charge in [0, 0.05) is 4.88 Å². The fraction of sp³-hybridized carbons (Fsp3) is 0.571. The molecular formula is C14H19N3O2S. The van der Waals surface area contributed by atoms with Crippen molar-refractivity contribution >= 4 is 23.1 Å². The monoisotopic (exact) mass is 293 g/mol. The Bertz CT molecular complexity index is 536. The number of thiophene rings is 1. The quantitative estimate of drug-likeness (QED) is 0.342. The van der Waals surface area contributed by atoms with Gasteiger partial charge in [-0.2, -0.15) is 0 Å². The highest BCUT2D eigenvalue weighted by Gasteiger charge is 2.37. The van der Waals surface area contributed by atoms with Gasteiger partial charge < -0.3 is 16.3 Å². The Kier molecular flexibility index (Phi) is 3.65. The van der Waals surface area contributed by atoms with Crippen LogP contribution in [0.15, 0.2) is 16.6 Å². The summed E-state index contributed by atoms with van der Waals surface area (Å²) in [7, 11) is 0. The van der Waals surface area contributed by atoms with E-state index in [0.717, 1.165) is 37.7 Å². The van der Waals surface area contributed by atoms with Crippen LogP contribution >= 0.6 is 11.3 Å². The first kappa shape index (κ1) is 13.4. The molecule has 0 bridgehead atoms. The molecule has 4 N–H and O–H groups in total. The van der Waals surface area contributed by atoms with Gasteiger partial charge in [0.05, 0.1) is 12.0 Å². The third-order valence-electron chi connectivity index (χ3n) is 4.19. The zero-order chi connectivity index (χ0) is 14.1. The molecule has 1 saturated carbocycles. The van der Waals surface area contributed by atoms with Gasteiger partial charge >= 0.3 is 0 Å². The number of fused-ring (bicyclic) bond motifs is 1. The van der Waals surface area contributed by atoms with Gasteiger partial charge in [0.15, 0.2) is 5.84 Å². The minimum Gasteiger partial charge on any atom is -0.409 e. The second-order valence-corrected chi connectivity index (χ2v) is 6.59. The Morgan fingerprint density at radius 1 is 1.50 bits per heavy atom. The predicted octanol–water partition coefficient (Wildman–Crippen LogP) is 1.81. The Hall–Kier alpha value is -1.56. The first-order valence-corrected chi connectivity index (χ1v) is 7.92. The van der Waals surface area contributed by atoms with Gasteiger partial charge in [-0.15, -0.1) is 11.3 Å². The van der Waals surface area contributed by atoms with E-state index in [1.807, 2.05) is 0 Å². The van der Waals surface area contributed by atoms with Crippen LogP contribution in [0, 0.1) is 5.92 Å². The van der Waals surface area contributed by atoms with Crippen LogP contribution in [0.25, 0.3) is 0 Å². The van der Waals surface area contributed by atoms with Crippen LogP contribution in [0.3, 0.4) is 0 Å². The number of carbonyl (C=O) groups is 1. The molecule has 2 aliphatic rings. The number of nitrogens with zero attached hydrogens (tertiary/aromatic N) is 1. The highest BCUT2D eigenvalue weighted by Crippen LogP contribution is 2.36. The maximum absolute atomic E-state index is 12.5. The van der Waals surface area contributed by atoms with Crippen LogP contribution < -0.4 is 11.1 Å². The lowest BCUT2D eigenvalue weighted by Gasteiger charge is -2.25. The van der Waals surface area contributed by atoms with E-state index >= 15 is 0 Å². The summed E-state index contributed by atoms with van der Waals surface area (Å²) in [6, 6.07) is 1.73. The summed E-state index contributed by atoms with van der Waals surface area (Å²) in [4.78, 5) is 13.8. The number of rotatable bonds is 4. The Morgan fingerprint density at radius 3 is 3.00 bits per heavy atom. The zero-order valence-corrected chi connectivity index (χ0v) is 12.0. The van der Waals surface area contributed by atoms with Gasteiger partial charge in [0.25, 0.3) is 0 Å². The summed E-state index contributed by atoms with van der Waals surface area (Å²) in [6.45, 7) is 0. The zero-order valence-electron chi connectivity index (χ0n) is 11.2. The molecule has 0 spiro atoms. The Morgan fingerprint density at radius 2 is 2.30 bits per heavy atom. The number of carbonyl (C=O) groups excluding carboxylic acids is 1. The van der Waals surface area contributed by atoms with Crippen molar-refractivity contribution in [2.75, 3.05) is 0 Å².